The number of aryl methyl sites for hydroxylation is 1. The van der Waals surface area contributed by atoms with Crippen LogP contribution in [0.3, 0.4) is 0 Å². The zero-order valence-electron chi connectivity index (χ0n) is 13.0. The van der Waals surface area contributed by atoms with E-state index >= 15 is 0 Å². The Morgan fingerprint density at radius 2 is 1.77 bits per heavy atom. The Balaban J connectivity index is 1.43. The number of nitrogens with zero attached hydrogens (tertiary/aromatic N) is 6. The lowest BCUT2D eigenvalue weighted by molar-refractivity contribution is -0.00725. The molecule has 116 valence electrons. The van der Waals surface area contributed by atoms with E-state index in [4.69, 9.17) is 0 Å². The summed E-state index contributed by atoms with van der Waals surface area (Å²) in [7, 11) is 1.92. The summed E-state index contributed by atoms with van der Waals surface area (Å²) in [6, 6.07) is 0. The molecule has 0 aliphatic heterocycles. The van der Waals surface area contributed by atoms with E-state index in [1.807, 2.05) is 11.7 Å². The average Bonchev–Trinajstić information content (AvgIpc) is 3.08. The third-order valence-electron chi connectivity index (χ3n) is 6.25. The van der Waals surface area contributed by atoms with Crippen LogP contribution in [0.25, 0.3) is 0 Å². The predicted octanol–water partition coefficient (Wildman–Crippen LogP) is 1.92. The molecule has 0 radical (unpaired) electrons. The Kier molecular flexibility index (Phi) is 2.56. The molecule has 2 aromatic heterocycles. The third-order valence-corrected chi connectivity index (χ3v) is 6.25. The highest BCUT2D eigenvalue weighted by Crippen LogP contribution is 2.60. The molecule has 0 saturated heterocycles. The Hall–Kier alpha value is -1.72. The summed E-state index contributed by atoms with van der Waals surface area (Å²) >= 11 is 0. The fraction of sp³-hybridized carbons (Fsp3) is 0.750. The van der Waals surface area contributed by atoms with E-state index in [1.165, 1.54) is 44.2 Å². The van der Waals surface area contributed by atoms with Gasteiger partial charge in [-0.3, -0.25) is 4.68 Å². The van der Waals surface area contributed by atoms with Gasteiger partial charge >= 0.3 is 0 Å². The molecule has 4 saturated carbocycles. The van der Waals surface area contributed by atoms with Crippen molar-refractivity contribution < 1.29 is 0 Å². The third kappa shape index (κ3) is 1.85. The lowest BCUT2D eigenvalue weighted by atomic mass is 9.49. The summed E-state index contributed by atoms with van der Waals surface area (Å²) < 4.78 is 3.75. The van der Waals surface area contributed by atoms with E-state index in [9.17, 15) is 0 Å². The maximum Gasteiger partial charge on any atom is 0.0889 e. The minimum absolute atomic E-state index is 0.331. The molecule has 0 N–H and O–H groups in total. The molecule has 2 aromatic rings. The maximum atomic E-state index is 4.58. The predicted molar refractivity (Wildman–Crippen MR) is 80.0 cm³/mol. The molecular weight excluding hydrogens is 276 g/mol. The molecule has 22 heavy (non-hydrogen) atoms. The number of aromatic nitrogens is 6. The Morgan fingerprint density at radius 3 is 2.36 bits per heavy atom. The van der Waals surface area contributed by atoms with Gasteiger partial charge in [-0.15, -0.1) is 10.2 Å². The smallest absolute Gasteiger partial charge is 0.0889 e. The molecule has 4 fully saturated rings. The van der Waals surface area contributed by atoms with E-state index in [1.54, 1.807) is 10.9 Å². The van der Waals surface area contributed by atoms with Crippen molar-refractivity contribution in [3.8, 4) is 0 Å². The van der Waals surface area contributed by atoms with Crippen molar-refractivity contribution in [3.63, 3.8) is 0 Å². The minimum Gasteiger partial charge on any atom is -0.251 e. The van der Waals surface area contributed by atoms with Crippen molar-refractivity contribution in [3.05, 3.63) is 23.8 Å². The molecule has 2 heterocycles. The summed E-state index contributed by atoms with van der Waals surface area (Å²) in [5, 5.41) is 16.9. The van der Waals surface area contributed by atoms with Gasteiger partial charge in [0, 0.05) is 18.7 Å². The monoisotopic (exact) mass is 298 g/mol. The van der Waals surface area contributed by atoms with Gasteiger partial charge < -0.3 is 0 Å². The first-order chi connectivity index (χ1) is 10.7. The average molecular weight is 298 g/mol. The molecule has 0 aromatic carbocycles. The van der Waals surface area contributed by atoms with E-state index in [0.717, 1.165) is 23.4 Å². The highest BCUT2D eigenvalue weighted by atomic mass is 15.5. The fourth-order valence-corrected chi connectivity index (χ4v) is 5.66. The molecule has 6 heteroatoms. The van der Waals surface area contributed by atoms with Gasteiger partial charge in [0.25, 0.3) is 0 Å². The molecular formula is C16H22N6. The molecule has 0 amide bonds. The van der Waals surface area contributed by atoms with Crippen LogP contribution in [-0.2, 0) is 19.0 Å². The van der Waals surface area contributed by atoms with Crippen molar-refractivity contribution >= 4 is 0 Å². The van der Waals surface area contributed by atoms with Gasteiger partial charge in [0.05, 0.1) is 24.1 Å². The first kappa shape index (κ1) is 12.8. The van der Waals surface area contributed by atoms with E-state index < -0.39 is 0 Å². The second-order valence-electron chi connectivity index (χ2n) is 7.85. The molecule has 4 aliphatic rings. The van der Waals surface area contributed by atoms with Crippen LogP contribution in [0.15, 0.2) is 12.4 Å². The second kappa shape index (κ2) is 4.40. The Labute approximate surface area is 129 Å². The van der Waals surface area contributed by atoms with Crippen LogP contribution >= 0.6 is 0 Å². The molecule has 0 unspecified atom stereocenters. The highest BCUT2D eigenvalue weighted by molar-refractivity contribution is 5.20. The molecule has 4 aliphatic carbocycles. The SMILES string of the molecule is Cn1nncc1Cn1cc(C23CC4CC(CC(C4)C2)C3)nn1. The van der Waals surface area contributed by atoms with Gasteiger partial charge in [-0.1, -0.05) is 10.4 Å². The van der Waals surface area contributed by atoms with Crippen molar-refractivity contribution in [1.29, 1.82) is 0 Å². The summed E-state index contributed by atoms with van der Waals surface area (Å²) in [5.74, 6) is 2.83. The summed E-state index contributed by atoms with van der Waals surface area (Å²) in [4.78, 5) is 0. The summed E-state index contributed by atoms with van der Waals surface area (Å²) in [5.41, 5.74) is 2.63. The van der Waals surface area contributed by atoms with Crippen molar-refractivity contribution in [1.82, 2.24) is 30.0 Å². The quantitative estimate of drug-likeness (QED) is 0.868. The zero-order chi connectivity index (χ0) is 14.7. The standard InChI is InChI=1S/C16H22N6/c1-21-14(8-17-19-21)9-22-10-15(18-20-22)16-5-11-2-12(6-16)4-13(3-11)7-16/h8,10-13H,2-7,9H2,1H3. The highest BCUT2D eigenvalue weighted by Gasteiger charge is 2.52. The van der Waals surface area contributed by atoms with Crippen molar-refractivity contribution in [2.75, 3.05) is 0 Å². The lowest BCUT2D eigenvalue weighted by Crippen LogP contribution is -2.48. The van der Waals surface area contributed by atoms with Gasteiger partial charge in [0.2, 0.25) is 0 Å². The van der Waals surface area contributed by atoms with Crippen LogP contribution in [-0.4, -0.2) is 30.0 Å². The zero-order valence-corrected chi connectivity index (χ0v) is 13.0. The van der Waals surface area contributed by atoms with E-state index in [-0.39, 0.29) is 0 Å². The van der Waals surface area contributed by atoms with Crippen molar-refractivity contribution in [2.45, 2.75) is 50.5 Å². The molecule has 6 nitrogen and oxygen atoms in total. The number of hydrogen-bond acceptors (Lipinski definition) is 4. The van der Waals surface area contributed by atoms with Crippen molar-refractivity contribution in [2.24, 2.45) is 24.8 Å². The first-order valence-corrected chi connectivity index (χ1v) is 8.44. The van der Waals surface area contributed by atoms with Gasteiger partial charge in [-0.05, 0) is 56.3 Å². The normalized spacial score (nSPS) is 36.1. The minimum atomic E-state index is 0.331. The van der Waals surface area contributed by atoms with Crippen LogP contribution in [0.2, 0.25) is 0 Å². The van der Waals surface area contributed by atoms with Gasteiger partial charge in [0.1, 0.15) is 0 Å². The van der Waals surface area contributed by atoms with Gasteiger partial charge in [-0.2, -0.15) is 0 Å². The molecule has 0 atom stereocenters. The molecule has 0 spiro atoms. The topological polar surface area (TPSA) is 61.4 Å². The van der Waals surface area contributed by atoms with Crippen LogP contribution in [0, 0.1) is 17.8 Å². The maximum absolute atomic E-state index is 4.58. The van der Waals surface area contributed by atoms with Gasteiger partial charge in [-0.25, -0.2) is 4.68 Å². The molecule has 6 rings (SSSR count). The van der Waals surface area contributed by atoms with E-state index in [2.05, 4.69) is 26.8 Å². The van der Waals surface area contributed by atoms with Crippen LogP contribution in [0.4, 0.5) is 0 Å². The summed E-state index contributed by atoms with van der Waals surface area (Å²) in [6.07, 6.45) is 12.4. The fourth-order valence-electron chi connectivity index (χ4n) is 5.66. The second-order valence-corrected chi connectivity index (χ2v) is 7.85. The van der Waals surface area contributed by atoms with Crippen LogP contribution in [0.1, 0.15) is 49.9 Å². The lowest BCUT2D eigenvalue weighted by Gasteiger charge is -2.56. The Bertz CT molecular complexity index is 664. The largest absolute Gasteiger partial charge is 0.251 e. The molecule has 4 bridgehead atoms. The van der Waals surface area contributed by atoms with Crippen LogP contribution in [0.5, 0.6) is 0 Å². The number of rotatable bonds is 3. The van der Waals surface area contributed by atoms with Gasteiger partial charge in [0.15, 0.2) is 0 Å². The Morgan fingerprint density at radius 1 is 1.09 bits per heavy atom. The van der Waals surface area contributed by atoms with E-state index in [0.29, 0.717) is 12.0 Å². The summed E-state index contributed by atoms with van der Waals surface area (Å²) in [6.45, 7) is 0.697. The van der Waals surface area contributed by atoms with Crippen LogP contribution < -0.4 is 0 Å². The number of hydrogen-bond donors (Lipinski definition) is 0. The first-order valence-electron chi connectivity index (χ1n) is 8.44.